The predicted octanol–water partition coefficient (Wildman–Crippen LogP) is 3.19. The van der Waals surface area contributed by atoms with E-state index in [-0.39, 0.29) is 6.10 Å². The Morgan fingerprint density at radius 2 is 1.89 bits per heavy atom. The number of nitrogens with one attached hydrogen (secondary N) is 1. The first-order valence-corrected chi connectivity index (χ1v) is 7.44. The third kappa shape index (κ3) is 6.52. The van der Waals surface area contributed by atoms with Crippen LogP contribution in [0.5, 0.6) is 0 Å². The highest BCUT2D eigenvalue weighted by atomic mass is 79.9. The number of halogens is 1. The number of hydrogen-bond acceptors (Lipinski definition) is 3. The van der Waals surface area contributed by atoms with Gasteiger partial charge in [0.15, 0.2) is 0 Å². The van der Waals surface area contributed by atoms with Gasteiger partial charge in [0.2, 0.25) is 0 Å². The van der Waals surface area contributed by atoms with Gasteiger partial charge in [-0.05, 0) is 37.0 Å². The SMILES string of the molecule is COCCNCC(CC(C)OC)c1ccc(Br)cc1. The summed E-state index contributed by atoms with van der Waals surface area (Å²) < 4.78 is 11.6. The number of methoxy groups -OCH3 is 2. The molecule has 0 saturated heterocycles. The first-order chi connectivity index (χ1) is 9.17. The van der Waals surface area contributed by atoms with E-state index in [4.69, 9.17) is 9.47 Å². The Morgan fingerprint density at radius 1 is 1.21 bits per heavy atom. The molecule has 1 aromatic carbocycles. The smallest absolute Gasteiger partial charge is 0.0587 e. The van der Waals surface area contributed by atoms with E-state index in [9.17, 15) is 0 Å². The van der Waals surface area contributed by atoms with Crippen molar-refractivity contribution in [3.8, 4) is 0 Å². The summed E-state index contributed by atoms with van der Waals surface area (Å²) in [5.74, 6) is 0.458. The maximum atomic E-state index is 5.39. The summed E-state index contributed by atoms with van der Waals surface area (Å²) in [5, 5.41) is 3.44. The van der Waals surface area contributed by atoms with Gasteiger partial charge >= 0.3 is 0 Å². The number of ether oxygens (including phenoxy) is 2. The van der Waals surface area contributed by atoms with Crippen LogP contribution in [0.1, 0.15) is 24.8 Å². The van der Waals surface area contributed by atoms with Crippen LogP contribution in [0.4, 0.5) is 0 Å². The number of hydrogen-bond donors (Lipinski definition) is 1. The van der Waals surface area contributed by atoms with Gasteiger partial charge in [-0.1, -0.05) is 28.1 Å². The summed E-state index contributed by atoms with van der Waals surface area (Å²) in [7, 11) is 3.49. The summed E-state index contributed by atoms with van der Waals surface area (Å²) in [5.41, 5.74) is 1.34. The lowest BCUT2D eigenvalue weighted by Crippen LogP contribution is -2.27. The topological polar surface area (TPSA) is 30.5 Å². The molecule has 4 heteroatoms. The first-order valence-electron chi connectivity index (χ1n) is 6.65. The molecular weight excluding hydrogens is 306 g/mol. The van der Waals surface area contributed by atoms with E-state index in [1.54, 1.807) is 14.2 Å². The van der Waals surface area contributed by atoms with Crippen LogP contribution in [-0.4, -0.2) is 40.0 Å². The zero-order chi connectivity index (χ0) is 14.1. The molecule has 0 fully saturated rings. The van der Waals surface area contributed by atoms with E-state index >= 15 is 0 Å². The fourth-order valence-electron chi connectivity index (χ4n) is 2.02. The predicted molar refractivity (Wildman–Crippen MR) is 82.7 cm³/mol. The minimum atomic E-state index is 0.262. The fraction of sp³-hybridized carbons (Fsp3) is 0.600. The molecule has 2 unspecified atom stereocenters. The van der Waals surface area contributed by atoms with E-state index < -0.39 is 0 Å². The second kappa shape index (κ2) is 9.48. The Labute approximate surface area is 124 Å². The average Bonchev–Trinajstić information content (AvgIpc) is 2.43. The van der Waals surface area contributed by atoms with Gasteiger partial charge in [0.05, 0.1) is 12.7 Å². The van der Waals surface area contributed by atoms with Crippen molar-refractivity contribution >= 4 is 15.9 Å². The molecule has 0 aliphatic heterocycles. The van der Waals surface area contributed by atoms with Gasteiger partial charge in [0.1, 0.15) is 0 Å². The third-order valence-corrected chi connectivity index (χ3v) is 3.76. The summed E-state index contributed by atoms with van der Waals surface area (Å²) in [4.78, 5) is 0. The highest BCUT2D eigenvalue weighted by Gasteiger charge is 2.15. The Bertz CT molecular complexity index is 343. The van der Waals surface area contributed by atoms with Gasteiger partial charge in [-0.15, -0.1) is 0 Å². The van der Waals surface area contributed by atoms with Crippen LogP contribution in [0, 0.1) is 0 Å². The standard InChI is InChI=1S/C15H24BrNO2/c1-12(19-3)10-14(11-17-8-9-18-2)13-4-6-15(16)7-5-13/h4-7,12,14,17H,8-11H2,1-3H3. The highest BCUT2D eigenvalue weighted by molar-refractivity contribution is 9.10. The van der Waals surface area contributed by atoms with E-state index in [0.29, 0.717) is 5.92 Å². The van der Waals surface area contributed by atoms with Gasteiger partial charge in [-0.3, -0.25) is 0 Å². The Hall–Kier alpha value is -0.420. The fourth-order valence-corrected chi connectivity index (χ4v) is 2.28. The van der Waals surface area contributed by atoms with E-state index in [1.807, 2.05) is 0 Å². The van der Waals surface area contributed by atoms with Gasteiger partial charge in [0.25, 0.3) is 0 Å². The Balaban J connectivity index is 2.60. The molecular formula is C15H24BrNO2. The van der Waals surface area contributed by atoms with Crippen LogP contribution in [0.15, 0.2) is 28.7 Å². The van der Waals surface area contributed by atoms with E-state index in [2.05, 4.69) is 52.4 Å². The van der Waals surface area contributed by atoms with Crippen LogP contribution < -0.4 is 5.32 Å². The van der Waals surface area contributed by atoms with Gasteiger partial charge in [-0.25, -0.2) is 0 Å². The number of benzene rings is 1. The quantitative estimate of drug-likeness (QED) is 0.706. The van der Waals surface area contributed by atoms with Crippen LogP contribution in [-0.2, 0) is 9.47 Å². The lowest BCUT2D eigenvalue weighted by atomic mass is 9.93. The lowest BCUT2D eigenvalue weighted by molar-refractivity contribution is 0.103. The van der Waals surface area contributed by atoms with Crippen molar-refractivity contribution in [3.63, 3.8) is 0 Å². The molecule has 108 valence electrons. The zero-order valence-corrected chi connectivity index (χ0v) is 13.6. The van der Waals surface area contributed by atoms with Crippen LogP contribution >= 0.6 is 15.9 Å². The molecule has 0 bridgehead atoms. The maximum Gasteiger partial charge on any atom is 0.0587 e. The van der Waals surface area contributed by atoms with Crippen LogP contribution in [0.2, 0.25) is 0 Å². The molecule has 1 N–H and O–H groups in total. The van der Waals surface area contributed by atoms with Gasteiger partial charge < -0.3 is 14.8 Å². The summed E-state index contributed by atoms with van der Waals surface area (Å²) in [6.07, 6.45) is 1.27. The van der Waals surface area contributed by atoms with Crippen molar-refractivity contribution in [2.45, 2.75) is 25.4 Å². The van der Waals surface area contributed by atoms with Crippen molar-refractivity contribution in [1.82, 2.24) is 5.32 Å². The summed E-state index contributed by atoms with van der Waals surface area (Å²) >= 11 is 3.48. The average molecular weight is 330 g/mol. The van der Waals surface area contributed by atoms with E-state index in [0.717, 1.165) is 30.6 Å². The molecule has 1 rings (SSSR count). The molecule has 0 aliphatic rings. The Morgan fingerprint density at radius 3 is 2.47 bits per heavy atom. The lowest BCUT2D eigenvalue weighted by Gasteiger charge is -2.21. The maximum absolute atomic E-state index is 5.39. The highest BCUT2D eigenvalue weighted by Crippen LogP contribution is 2.23. The molecule has 0 spiro atoms. The molecule has 0 radical (unpaired) electrons. The molecule has 2 atom stereocenters. The largest absolute Gasteiger partial charge is 0.383 e. The molecule has 1 aromatic rings. The second-order valence-corrected chi connectivity index (χ2v) is 5.64. The zero-order valence-electron chi connectivity index (χ0n) is 12.0. The molecule has 0 heterocycles. The monoisotopic (exact) mass is 329 g/mol. The molecule has 0 saturated carbocycles. The molecule has 0 aromatic heterocycles. The van der Waals surface area contributed by atoms with E-state index in [1.165, 1.54) is 5.56 Å². The third-order valence-electron chi connectivity index (χ3n) is 3.23. The normalized spacial score (nSPS) is 14.3. The van der Waals surface area contributed by atoms with Crippen molar-refractivity contribution in [3.05, 3.63) is 34.3 Å². The first kappa shape index (κ1) is 16.6. The minimum Gasteiger partial charge on any atom is -0.383 e. The summed E-state index contributed by atoms with van der Waals surface area (Å²) in [6, 6.07) is 8.54. The molecule has 0 aliphatic carbocycles. The van der Waals surface area contributed by atoms with Crippen molar-refractivity contribution in [2.75, 3.05) is 33.9 Å². The van der Waals surface area contributed by atoms with Gasteiger partial charge in [0, 0.05) is 31.8 Å². The number of rotatable bonds is 9. The molecule has 19 heavy (non-hydrogen) atoms. The molecule has 0 amide bonds. The minimum absolute atomic E-state index is 0.262. The molecule has 3 nitrogen and oxygen atoms in total. The van der Waals surface area contributed by atoms with Crippen molar-refractivity contribution in [1.29, 1.82) is 0 Å². The van der Waals surface area contributed by atoms with Crippen molar-refractivity contribution < 1.29 is 9.47 Å². The van der Waals surface area contributed by atoms with Crippen LogP contribution in [0.3, 0.4) is 0 Å². The Kier molecular flexibility index (Phi) is 8.30. The van der Waals surface area contributed by atoms with Crippen molar-refractivity contribution in [2.24, 2.45) is 0 Å². The summed E-state index contributed by atoms with van der Waals surface area (Å²) in [6.45, 7) is 4.68. The van der Waals surface area contributed by atoms with Gasteiger partial charge in [-0.2, -0.15) is 0 Å². The van der Waals surface area contributed by atoms with Crippen LogP contribution in [0.25, 0.3) is 0 Å². The second-order valence-electron chi connectivity index (χ2n) is 4.73.